The number of likely N-dealkylation sites (tertiary alicyclic amines) is 1. The first-order valence-corrected chi connectivity index (χ1v) is 10.6. The van der Waals surface area contributed by atoms with E-state index in [1.165, 1.54) is 5.56 Å². The Morgan fingerprint density at radius 3 is 2.73 bits per heavy atom. The van der Waals surface area contributed by atoms with Gasteiger partial charge in [-0.25, -0.2) is 0 Å². The Balaban J connectivity index is 1.30. The number of hydrogen-bond acceptors (Lipinski definition) is 5. The topological polar surface area (TPSA) is 71.3 Å². The molecule has 6 heteroatoms. The molecule has 1 aliphatic heterocycles. The van der Waals surface area contributed by atoms with Crippen LogP contribution >= 0.6 is 0 Å². The molecule has 2 aromatic carbocycles. The van der Waals surface area contributed by atoms with Crippen LogP contribution in [0.15, 0.2) is 53.1 Å². The Morgan fingerprint density at radius 1 is 1.17 bits per heavy atom. The molecule has 4 rings (SSSR count). The highest BCUT2D eigenvalue weighted by Crippen LogP contribution is 2.28. The number of anilines is 1. The monoisotopic (exact) mass is 404 g/mol. The van der Waals surface area contributed by atoms with Crippen molar-refractivity contribution < 1.29 is 9.32 Å². The Hall–Kier alpha value is -2.99. The zero-order valence-corrected chi connectivity index (χ0v) is 17.6. The van der Waals surface area contributed by atoms with Crippen LogP contribution in [0.1, 0.15) is 42.7 Å². The summed E-state index contributed by atoms with van der Waals surface area (Å²) in [6.45, 7) is 6.24. The summed E-state index contributed by atoms with van der Waals surface area (Å²) in [7, 11) is 0. The highest BCUT2D eigenvalue weighted by molar-refractivity contribution is 5.93. The molecule has 0 radical (unpaired) electrons. The number of benzene rings is 2. The van der Waals surface area contributed by atoms with E-state index < -0.39 is 0 Å². The van der Waals surface area contributed by atoms with Crippen molar-refractivity contribution in [1.29, 1.82) is 0 Å². The summed E-state index contributed by atoms with van der Waals surface area (Å²) in [6, 6.07) is 16.1. The van der Waals surface area contributed by atoms with Crippen molar-refractivity contribution in [3.8, 4) is 11.4 Å². The molecule has 0 aliphatic carbocycles. The number of carbonyl (C=O) groups excluding carboxylic acids is 1. The number of amides is 1. The fraction of sp³-hybridized carbons (Fsp3) is 0.375. The maximum Gasteiger partial charge on any atom is 0.238 e. The van der Waals surface area contributed by atoms with Crippen molar-refractivity contribution in [1.82, 2.24) is 15.0 Å². The van der Waals surface area contributed by atoms with Crippen molar-refractivity contribution in [2.75, 3.05) is 25.0 Å². The number of aromatic nitrogens is 2. The van der Waals surface area contributed by atoms with E-state index in [4.69, 9.17) is 4.52 Å². The normalized spacial score (nSPS) is 15.3. The van der Waals surface area contributed by atoms with Gasteiger partial charge in [0.1, 0.15) is 0 Å². The Labute approximate surface area is 177 Å². The standard InChI is InChI=1S/C24H28N4O2/c1-3-18-8-4-5-10-21(18)25-22(29)16-28-13-11-19(12-14-28)24-26-23(27-30-24)20-9-6-7-17(2)15-20/h4-10,15,19H,3,11-14,16H2,1-2H3,(H,25,29). The number of aryl methyl sites for hydroxylation is 2. The van der Waals surface area contributed by atoms with Gasteiger partial charge in [-0.05, 0) is 57.0 Å². The third-order valence-electron chi connectivity index (χ3n) is 5.69. The third kappa shape index (κ3) is 4.76. The van der Waals surface area contributed by atoms with Crippen LogP contribution in [0.5, 0.6) is 0 Å². The first-order valence-electron chi connectivity index (χ1n) is 10.6. The largest absolute Gasteiger partial charge is 0.339 e. The van der Waals surface area contributed by atoms with Gasteiger partial charge in [0.25, 0.3) is 0 Å². The summed E-state index contributed by atoms with van der Waals surface area (Å²) >= 11 is 0. The van der Waals surface area contributed by atoms with E-state index in [-0.39, 0.29) is 11.8 Å². The van der Waals surface area contributed by atoms with Gasteiger partial charge in [-0.2, -0.15) is 4.98 Å². The summed E-state index contributed by atoms with van der Waals surface area (Å²) < 4.78 is 5.56. The summed E-state index contributed by atoms with van der Waals surface area (Å²) in [5.41, 5.74) is 4.22. The van der Waals surface area contributed by atoms with Gasteiger partial charge in [0.2, 0.25) is 17.6 Å². The molecule has 0 spiro atoms. The van der Waals surface area contributed by atoms with Gasteiger partial charge in [-0.15, -0.1) is 0 Å². The number of piperidine rings is 1. The molecule has 30 heavy (non-hydrogen) atoms. The third-order valence-corrected chi connectivity index (χ3v) is 5.69. The summed E-state index contributed by atoms with van der Waals surface area (Å²) in [4.78, 5) is 19.3. The van der Waals surface area contributed by atoms with E-state index in [2.05, 4.69) is 52.4 Å². The average molecular weight is 405 g/mol. The molecule has 6 nitrogen and oxygen atoms in total. The second-order valence-corrected chi connectivity index (χ2v) is 7.94. The molecule has 1 saturated heterocycles. The summed E-state index contributed by atoms with van der Waals surface area (Å²) in [5.74, 6) is 1.63. The van der Waals surface area contributed by atoms with Gasteiger partial charge in [0.15, 0.2) is 0 Å². The van der Waals surface area contributed by atoms with E-state index in [1.54, 1.807) is 0 Å². The molecule has 156 valence electrons. The molecule has 0 unspecified atom stereocenters. The van der Waals surface area contributed by atoms with Crippen LogP contribution in [0, 0.1) is 6.92 Å². The molecule has 1 aromatic heterocycles. The Bertz CT molecular complexity index is 1010. The van der Waals surface area contributed by atoms with Crippen LogP contribution in [0.2, 0.25) is 0 Å². The first kappa shape index (κ1) is 20.3. The molecule has 1 aliphatic rings. The number of nitrogens with one attached hydrogen (secondary N) is 1. The van der Waals surface area contributed by atoms with Crippen LogP contribution in [0.4, 0.5) is 5.69 Å². The SMILES string of the molecule is CCc1ccccc1NC(=O)CN1CCC(c2nc(-c3cccc(C)c3)no2)CC1. The van der Waals surface area contributed by atoms with Crippen LogP contribution in [-0.2, 0) is 11.2 Å². The quantitative estimate of drug-likeness (QED) is 0.658. The van der Waals surface area contributed by atoms with E-state index >= 15 is 0 Å². The van der Waals surface area contributed by atoms with Crippen LogP contribution in [0.3, 0.4) is 0 Å². The predicted octanol–water partition coefficient (Wildman–Crippen LogP) is 4.43. The zero-order chi connectivity index (χ0) is 20.9. The summed E-state index contributed by atoms with van der Waals surface area (Å²) in [6.07, 6.45) is 2.72. The van der Waals surface area contributed by atoms with Gasteiger partial charge in [-0.1, -0.05) is 54.0 Å². The lowest BCUT2D eigenvalue weighted by molar-refractivity contribution is -0.117. The number of para-hydroxylation sites is 1. The molecule has 1 amide bonds. The Kier molecular flexibility index (Phi) is 6.23. The minimum Gasteiger partial charge on any atom is -0.339 e. The number of nitrogens with zero attached hydrogens (tertiary/aromatic N) is 3. The van der Waals surface area contributed by atoms with Crippen molar-refractivity contribution in [2.24, 2.45) is 0 Å². The van der Waals surface area contributed by atoms with Gasteiger partial charge in [-0.3, -0.25) is 9.69 Å². The van der Waals surface area contributed by atoms with Crippen LogP contribution in [0.25, 0.3) is 11.4 Å². The molecule has 0 atom stereocenters. The van der Waals surface area contributed by atoms with Gasteiger partial charge in [0.05, 0.1) is 6.54 Å². The lowest BCUT2D eigenvalue weighted by Gasteiger charge is -2.29. The molecule has 1 fully saturated rings. The lowest BCUT2D eigenvalue weighted by atomic mass is 9.97. The smallest absolute Gasteiger partial charge is 0.238 e. The molecule has 2 heterocycles. The van der Waals surface area contributed by atoms with Crippen molar-refractivity contribution in [3.05, 3.63) is 65.5 Å². The molecular formula is C24H28N4O2. The molecule has 0 bridgehead atoms. The van der Waals surface area contributed by atoms with Crippen molar-refractivity contribution >= 4 is 11.6 Å². The van der Waals surface area contributed by atoms with Crippen LogP contribution in [-0.4, -0.2) is 40.6 Å². The minimum absolute atomic E-state index is 0.0360. The molecule has 0 saturated carbocycles. The second-order valence-electron chi connectivity index (χ2n) is 7.94. The van der Waals surface area contributed by atoms with E-state index in [0.717, 1.165) is 49.2 Å². The van der Waals surface area contributed by atoms with E-state index in [9.17, 15) is 4.79 Å². The van der Waals surface area contributed by atoms with Crippen molar-refractivity contribution in [2.45, 2.75) is 39.0 Å². The highest BCUT2D eigenvalue weighted by Gasteiger charge is 2.26. The maximum atomic E-state index is 12.5. The highest BCUT2D eigenvalue weighted by atomic mass is 16.5. The Morgan fingerprint density at radius 2 is 1.97 bits per heavy atom. The second kappa shape index (κ2) is 9.22. The molecular weight excluding hydrogens is 376 g/mol. The lowest BCUT2D eigenvalue weighted by Crippen LogP contribution is -2.38. The summed E-state index contributed by atoms with van der Waals surface area (Å²) in [5, 5.41) is 7.23. The van der Waals surface area contributed by atoms with E-state index in [0.29, 0.717) is 18.3 Å². The molecule has 3 aromatic rings. The van der Waals surface area contributed by atoms with Crippen LogP contribution < -0.4 is 5.32 Å². The number of hydrogen-bond donors (Lipinski definition) is 1. The van der Waals surface area contributed by atoms with E-state index in [1.807, 2.05) is 30.3 Å². The van der Waals surface area contributed by atoms with Gasteiger partial charge < -0.3 is 9.84 Å². The first-order chi connectivity index (χ1) is 14.6. The predicted molar refractivity (Wildman–Crippen MR) is 117 cm³/mol. The molecule has 1 N–H and O–H groups in total. The fourth-order valence-electron chi connectivity index (χ4n) is 3.98. The zero-order valence-electron chi connectivity index (χ0n) is 17.6. The van der Waals surface area contributed by atoms with Gasteiger partial charge >= 0.3 is 0 Å². The minimum atomic E-state index is 0.0360. The average Bonchev–Trinajstić information content (AvgIpc) is 3.25. The maximum absolute atomic E-state index is 12.5. The van der Waals surface area contributed by atoms with Crippen molar-refractivity contribution in [3.63, 3.8) is 0 Å². The number of carbonyl (C=O) groups is 1. The van der Waals surface area contributed by atoms with Gasteiger partial charge in [0, 0.05) is 17.2 Å². The number of rotatable bonds is 6. The fourth-order valence-corrected chi connectivity index (χ4v) is 3.98.